The molecule has 1 fully saturated rings. The minimum Gasteiger partial charge on any atom is -0.507 e. The first-order valence-corrected chi connectivity index (χ1v) is 7.38. The van der Waals surface area contributed by atoms with Gasteiger partial charge in [0.2, 0.25) is 0 Å². The maximum absolute atomic E-state index is 11.9. The molecule has 0 unspecified atom stereocenters. The molecule has 0 radical (unpaired) electrons. The molecule has 3 aromatic rings. The molecule has 0 atom stereocenters. The maximum Gasteiger partial charge on any atom is 0.159 e. The van der Waals surface area contributed by atoms with Crippen molar-refractivity contribution < 1.29 is 9.90 Å². The second kappa shape index (κ2) is 4.94. The fraction of sp³-hybridized carbons (Fsp3) is 0.235. The van der Waals surface area contributed by atoms with Crippen molar-refractivity contribution in [2.24, 2.45) is 5.92 Å². The van der Waals surface area contributed by atoms with Crippen LogP contribution in [0.4, 0.5) is 0 Å². The summed E-state index contributed by atoms with van der Waals surface area (Å²) in [6.45, 7) is 0. The largest absolute Gasteiger partial charge is 0.507 e. The van der Waals surface area contributed by atoms with E-state index >= 15 is 0 Å². The quantitative estimate of drug-likeness (QED) is 0.803. The van der Waals surface area contributed by atoms with E-state index in [2.05, 4.69) is 10.1 Å². The third-order valence-electron chi connectivity index (χ3n) is 3.95. The van der Waals surface area contributed by atoms with Gasteiger partial charge in [0, 0.05) is 11.5 Å². The van der Waals surface area contributed by atoms with Crippen LogP contribution in [0.15, 0.2) is 42.5 Å². The van der Waals surface area contributed by atoms with Crippen molar-refractivity contribution in [2.75, 3.05) is 0 Å². The first kappa shape index (κ1) is 13.0. The Morgan fingerprint density at radius 2 is 2.00 bits per heavy atom. The molecule has 0 spiro atoms. The minimum atomic E-state index is 0.195. The normalized spacial score (nSPS) is 14.4. The van der Waals surface area contributed by atoms with E-state index in [1.807, 2.05) is 30.3 Å². The number of pyridine rings is 1. The molecule has 1 aliphatic rings. The highest BCUT2D eigenvalue weighted by Gasteiger charge is 2.30. The topological polar surface area (TPSA) is 67.5 Å². The summed E-state index contributed by atoms with van der Waals surface area (Å²) in [5, 5.41) is 14.5. The van der Waals surface area contributed by atoms with E-state index in [0.29, 0.717) is 17.0 Å². The Balaban J connectivity index is 1.78. The molecule has 1 N–H and O–H groups in total. The van der Waals surface area contributed by atoms with Crippen LogP contribution >= 0.6 is 0 Å². The lowest BCUT2D eigenvalue weighted by atomic mass is 10.1. The van der Waals surface area contributed by atoms with Crippen molar-refractivity contribution in [3.05, 3.63) is 48.3 Å². The number of ketones is 1. The van der Waals surface area contributed by atoms with Gasteiger partial charge in [0.15, 0.2) is 11.5 Å². The monoisotopic (exact) mass is 293 g/mol. The molecule has 0 bridgehead atoms. The smallest absolute Gasteiger partial charge is 0.159 e. The lowest BCUT2D eigenvalue weighted by Gasteiger charge is -2.05. The Morgan fingerprint density at radius 3 is 2.77 bits per heavy atom. The molecule has 1 saturated carbocycles. The van der Waals surface area contributed by atoms with Gasteiger partial charge in [0.05, 0.1) is 12.1 Å². The van der Waals surface area contributed by atoms with E-state index in [1.54, 1.807) is 16.6 Å². The van der Waals surface area contributed by atoms with Gasteiger partial charge in [-0.1, -0.05) is 18.2 Å². The van der Waals surface area contributed by atoms with Crippen LogP contribution in [0, 0.1) is 5.92 Å². The van der Waals surface area contributed by atoms with Gasteiger partial charge in [-0.05, 0) is 37.1 Å². The number of phenols is 1. The average molecular weight is 293 g/mol. The number of nitrogens with zero attached hydrogens (tertiary/aromatic N) is 3. The number of para-hydroxylation sites is 1. The fourth-order valence-corrected chi connectivity index (χ4v) is 2.62. The van der Waals surface area contributed by atoms with E-state index in [1.165, 1.54) is 0 Å². The van der Waals surface area contributed by atoms with Crippen molar-refractivity contribution >= 4 is 11.4 Å². The molecule has 5 nitrogen and oxygen atoms in total. The number of carbonyl (C=O) groups is 1. The zero-order valence-electron chi connectivity index (χ0n) is 11.9. The molecular weight excluding hydrogens is 278 g/mol. The summed E-state index contributed by atoms with van der Waals surface area (Å²) in [5.74, 6) is 1.17. The zero-order valence-corrected chi connectivity index (χ0v) is 11.9. The summed E-state index contributed by atoms with van der Waals surface area (Å²) >= 11 is 0. The molecule has 1 aromatic carbocycles. The first-order chi connectivity index (χ1) is 10.7. The third-order valence-corrected chi connectivity index (χ3v) is 3.95. The predicted octanol–water partition coefficient (Wildman–Crippen LogP) is 2.62. The molecule has 1 aliphatic carbocycles. The second-order valence-corrected chi connectivity index (χ2v) is 5.64. The van der Waals surface area contributed by atoms with Crippen LogP contribution in [0.1, 0.15) is 18.7 Å². The number of benzene rings is 1. The number of hydrogen-bond acceptors (Lipinski definition) is 4. The summed E-state index contributed by atoms with van der Waals surface area (Å²) in [6, 6.07) is 12.7. The molecule has 4 rings (SSSR count). The van der Waals surface area contributed by atoms with E-state index in [9.17, 15) is 9.90 Å². The van der Waals surface area contributed by atoms with Crippen LogP contribution in [0.2, 0.25) is 0 Å². The number of aromatic hydroxyl groups is 1. The van der Waals surface area contributed by atoms with Gasteiger partial charge in [0.25, 0.3) is 0 Å². The Hall–Kier alpha value is -2.69. The summed E-state index contributed by atoms with van der Waals surface area (Å²) in [7, 11) is 0. The van der Waals surface area contributed by atoms with Gasteiger partial charge < -0.3 is 5.11 Å². The Kier molecular flexibility index (Phi) is 2.92. The van der Waals surface area contributed by atoms with E-state index in [0.717, 1.165) is 18.5 Å². The third kappa shape index (κ3) is 2.24. The van der Waals surface area contributed by atoms with Crippen molar-refractivity contribution in [1.29, 1.82) is 0 Å². The molecular formula is C17H15N3O2. The Labute approximate surface area is 127 Å². The van der Waals surface area contributed by atoms with Gasteiger partial charge in [-0.3, -0.25) is 4.79 Å². The summed E-state index contributed by atoms with van der Waals surface area (Å²) < 4.78 is 1.69. The molecule has 0 amide bonds. The van der Waals surface area contributed by atoms with Gasteiger partial charge in [0.1, 0.15) is 11.5 Å². The summed E-state index contributed by atoms with van der Waals surface area (Å²) in [6.07, 6.45) is 2.28. The van der Waals surface area contributed by atoms with E-state index < -0.39 is 0 Å². The van der Waals surface area contributed by atoms with Crippen LogP contribution in [-0.4, -0.2) is 25.5 Å². The zero-order chi connectivity index (χ0) is 15.1. The second-order valence-electron chi connectivity index (χ2n) is 5.64. The molecule has 2 aromatic heterocycles. The molecule has 0 saturated heterocycles. The van der Waals surface area contributed by atoms with Crippen molar-refractivity contribution in [2.45, 2.75) is 19.3 Å². The lowest BCUT2D eigenvalue weighted by Crippen LogP contribution is -2.06. The van der Waals surface area contributed by atoms with Crippen LogP contribution in [-0.2, 0) is 11.2 Å². The highest BCUT2D eigenvalue weighted by Crippen LogP contribution is 2.31. The van der Waals surface area contributed by atoms with E-state index in [-0.39, 0.29) is 23.9 Å². The fourth-order valence-electron chi connectivity index (χ4n) is 2.62. The lowest BCUT2D eigenvalue weighted by molar-refractivity contribution is -0.119. The average Bonchev–Trinajstić information content (AvgIpc) is 3.28. The molecule has 2 heterocycles. The number of phenolic OH excluding ortho intramolecular Hbond substituents is 1. The highest BCUT2D eigenvalue weighted by molar-refractivity contribution is 5.84. The predicted molar refractivity (Wildman–Crippen MR) is 81.5 cm³/mol. The van der Waals surface area contributed by atoms with Gasteiger partial charge in [-0.15, -0.1) is 0 Å². The van der Waals surface area contributed by atoms with Crippen LogP contribution in [0.25, 0.3) is 16.9 Å². The summed E-state index contributed by atoms with van der Waals surface area (Å²) in [5.41, 5.74) is 2.13. The van der Waals surface area contributed by atoms with Crippen molar-refractivity contribution in [3.63, 3.8) is 0 Å². The number of aromatic nitrogens is 3. The molecule has 110 valence electrons. The SMILES string of the molecule is O=C(Cc1nc2cccc(-c3ccccc3O)n2n1)C1CC1. The number of Topliss-reactive ketones (excluding diaryl/α,β-unsaturated/α-hetero) is 1. The van der Waals surface area contributed by atoms with Crippen molar-refractivity contribution in [1.82, 2.24) is 14.6 Å². The molecule has 5 heteroatoms. The minimum absolute atomic E-state index is 0.195. The van der Waals surface area contributed by atoms with Gasteiger partial charge in [-0.25, -0.2) is 9.50 Å². The number of fused-ring (bicyclic) bond motifs is 1. The summed E-state index contributed by atoms with van der Waals surface area (Å²) in [4.78, 5) is 16.4. The van der Waals surface area contributed by atoms with Crippen LogP contribution < -0.4 is 0 Å². The highest BCUT2D eigenvalue weighted by atomic mass is 16.3. The number of hydrogen-bond donors (Lipinski definition) is 1. The van der Waals surface area contributed by atoms with Crippen molar-refractivity contribution in [3.8, 4) is 17.0 Å². The van der Waals surface area contributed by atoms with Gasteiger partial charge >= 0.3 is 0 Å². The molecule has 22 heavy (non-hydrogen) atoms. The number of rotatable bonds is 4. The Bertz CT molecular complexity index is 865. The van der Waals surface area contributed by atoms with Crippen LogP contribution in [0.5, 0.6) is 5.75 Å². The molecule has 0 aliphatic heterocycles. The first-order valence-electron chi connectivity index (χ1n) is 7.38. The maximum atomic E-state index is 11.9. The van der Waals surface area contributed by atoms with Gasteiger partial charge in [-0.2, -0.15) is 5.10 Å². The standard InChI is InChI=1S/C17H15N3O2/c21-14-6-2-1-4-12(14)13-5-3-7-17-18-16(19-20(13)17)10-15(22)11-8-9-11/h1-7,11,21H,8-10H2. The number of carbonyl (C=O) groups excluding carboxylic acids is 1. The van der Waals surface area contributed by atoms with Crippen LogP contribution in [0.3, 0.4) is 0 Å². The van der Waals surface area contributed by atoms with E-state index in [4.69, 9.17) is 0 Å². The Morgan fingerprint density at radius 1 is 1.18 bits per heavy atom.